The van der Waals surface area contributed by atoms with E-state index in [1.54, 1.807) is 18.2 Å². The Kier molecular flexibility index (Phi) is 5.45. The van der Waals surface area contributed by atoms with E-state index < -0.39 is 10.9 Å². The van der Waals surface area contributed by atoms with Crippen molar-refractivity contribution < 1.29 is 19.2 Å². The van der Waals surface area contributed by atoms with E-state index >= 15 is 0 Å². The monoisotopic (exact) mass is 291 g/mol. The first-order valence-electron chi connectivity index (χ1n) is 6.86. The van der Waals surface area contributed by atoms with Gasteiger partial charge < -0.3 is 9.47 Å². The zero-order valence-electron chi connectivity index (χ0n) is 11.6. The maximum atomic E-state index is 11.6. The lowest BCUT2D eigenvalue weighted by Crippen LogP contribution is -2.25. The molecule has 1 heterocycles. The molecule has 6 nitrogen and oxygen atoms in total. The van der Waals surface area contributed by atoms with Gasteiger partial charge in [-0.25, -0.2) is 4.79 Å². The molecule has 1 fully saturated rings. The Morgan fingerprint density at radius 1 is 1.43 bits per heavy atom. The van der Waals surface area contributed by atoms with Crippen LogP contribution in [-0.4, -0.2) is 30.2 Å². The van der Waals surface area contributed by atoms with Gasteiger partial charge in [-0.2, -0.15) is 0 Å². The molecule has 0 N–H and O–H groups in total. The maximum absolute atomic E-state index is 11.6. The number of nitrogens with zero attached hydrogens (tertiary/aromatic N) is 1. The highest BCUT2D eigenvalue weighted by Gasteiger charge is 2.15. The van der Waals surface area contributed by atoms with Gasteiger partial charge in [0.2, 0.25) is 0 Å². The third kappa shape index (κ3) is 4.68. The summed E-state index contributed by atoms with van der Waals surface area (Å²) < 4.78 is 10.5. The van der Waals surface area contributed by atoms with Crippen molar-refractivity contribution in [1.29, 1.82) is 0 Å². The molecule has 0 aliphatic carbocycles. The molecule has 1 saturated heterocycles. The van der Waals surface area contributed by atoms with Crippen molar-refractivity contribution in [2.45, 2.75) is 25.4 Å². The Balaban J connectivity index is 1.88. The number of carbonyl (C=O) groups is 1. The molecule has 0 spiro atoms. The van der Waals surface area contributed by atoms with Crippen molar-refractivity contribution in [2.24, 2.45) is 0 Å². The number of hydrogen-bond donors (Lipinski definition) is 0. The van der Waals surface area contributed by atoms with E-state index in [9.17, 15) is 14.9 Å². The van der Waals surface area contributed by atoms with Gasteiger partial charge in [0.1, 0.15) is 6.61 Å². The number of ether oxygens (including phenoxy) is 2. The average molecular weight is 291 g/mol. The molecule has 112 valence electrons. The normalized spacial score (nSPS) is 18.6. The van der Waals surface area contributed by atoms with Gasteiger partial charge in [0.15, 0.2) is 0 Å². The molecule has 1 atom stereocenters. The molecule has 6 heteroatoms. The molecule has 1 aliphatic rings. The zero-order chi connectivity index (χ0) is 15.1. The van der Waals surface area contributed by atoms with Gasteiger partial charge in [0.05, 0.1) is 16.6 Å². The van der Waals surface area contributed by atoms with Crippen LogP contribution in [0.3, 0.4) is 0 Å². The van der Waals surface area contributed by atoms with E-state index in [-0.39, 0.29) is 18.4 Å². The summed E-state index contributed by atoms with van der Waals surface area (Å²) in [6.07, 6.45) is 5.56. The van der Waals surface area contributed by atoms with Crippen LogP contribution in [0.1, 0.15) is 24.8 Å². The Morgan fingerprint density at radius 2 is 2.24 bits per heavy atom. The van der Waals surface area contributed by atoms with Gasteiger partial charge in [0.25, 0.3) is 5.69 Å². The summed E-state index contributed by atoms with van der Waals surface area (Å²) >= 11 is 0. The Bertz CT molecular complexity index is 535. The first kappa shape index (κ1) is 15.2. The molecule has 0 aromatic heterocycles. The third-order valence-electron chi connectivity index (χ3n) is 3.22. The Morgan fingerprint density at radius 3 is 2.95 bits per heavy atom. The van der Waals surface area contributed by atoms with Gasteiger partial charge in [-0.3, -0.25) is 10.1 Å². The third-order valence-corrected chi connectivity index (χ3v) is 3.22. The summed E-state index contributed by atoms with van der Waals surface area (Å²) in [5.41, 5.74) is 0.325. The minimum Gasteiger partial charge on any atom is -0.460 e. The summed E-state index contributed by atoms with van der Waals surface area (Å²) in [5, 5.41) is 10.8. The lowest BCUT2D eigenvalue weighted by molar-refractivity contribution is -0.385. The van der Waals surface area contributed by atoms with Gasteiger partial charge in [-0.1, -0.05) is 12.1 Å². The number of nitro groups is 1. The van der Waals surface area contributed by atoms with Crippen molar-refractivity contribution >= 4 is 17.7 Å². The van der Waals surface area contributed by atoms with E-state index in [0.717, 1.165) is 19.3 Å². The molecule has 1 aromatic carbocycles. The zero-order valence-corrected chi connectivity index (χ0v) is 11.6. The first-order chi connectivity index (χ1) is 10.2. The highest BCUT2D eigenvalue weighted by atomic mass is 16.6. The van der Waals surface area contributed by atoms with Crippen LogP contribution in [0, 0.1) is 10.1 Å². The van der Waals surface area contributed by atoms with Crippen molar-refractivity contribution in [3.63, 3.8) is 0 Å². The highest BCUT2D eigenvalue weighted by Crippen LogP contribution is 2.19. The molecular weight excluding hydrogens is 274 g/mol. The highest BCUT2D eigenvalue weighted by molar-refractivity contribution is 5.87. The number of benzene rings is 1. The van der Waals surface area contributed by atoms with E-state index in [1.165, 1.54) is 18.2 Å². The number of rotatable bonds is 5. The van der Waals surface area contributed by atoms with E-state index in [2.05, 4.69) is 0 Å². The van der Waals surface area contributed by atoms with Crippen LogP contribution in [0.5, 0.6) is 0 Å². The lowest BCUT2D eigenvalue weighted by Gasteiger charge is -2.21. The van der Waals surface area contributed by atoms with Crippen molar-refractivity contribution in [1.82, 2.24) is 0 Å². The average Bonchev–Trinajstić information content (AvgIpc) is 2.52. The van der Waals surface area contributed by atoms with Gasteiger partial charge in [-0.15, -0.1) is 0 Å². The maximum Gasteiger partial charge on any atom is 0.330 e. The van der Waals surface area contributed by atoms with Crippen molar-refractivity contribution in [3.8, 4) is 0 Å². The molecule has 1 aliphatic heterocycles. The van der Waals surface area contributed by atoms with Crippen LogP contribution >= 0.6 is 0 Å². The quantitative estimate of drug-likeness (QED) is 0.361. The molecule has 0 saturated carbocycles. The summed E-state index contributed by atoms with van der Waals surface area (Å²) in [7, 11) is 0. The largest absolute Gasteiger partial charge is 0.460 e. The molecule has 0 amide bonds. The van der Waals surface area contributed by atoms with Crippen LogP contribution in [-0.2, 0) is 14.3 Å². The number of hydrogen-bond acceptors (Lipinski definition) is 5. The second-order valence-corrected chi connectivity index (χ2v) is 4.77. The summed E-state index contributed by atoms with van der Waals surface area (Å²) in [4.78, 5) is 22.0. The van der Waals surface area contributed by atoms with Crippen LogP contribution in [0.2, 0.25) is 0 Å². The lowest BCUT2D eigenvalue weighted by atomic mass is 10.1. The standard InChI is InChI=1S/C15H17NO5/c17-15(21-11-13-6-3-4-10-20-13)9-8-12-5-1-2-7-14(12)16(18)19/h1-2,5,7-9,13H,3-4,6,10-11H2/b9-8+. The fourth-order valence-electron chi connectivity index (χ4n) is 2.11. The fourth-order valence-corrected chi connectivity index (χ4v) is 2.11. The number of para-hydroxylation sites is 1. The minimum absolute atomic E-state index is 0.0397. The van der Waals surface area contributed by atoms with E-state index in [1.807, 2.05) is 0 Å². The van der Waals surface area contributed by atoms with Crippen molar-refractivity contribution in [3.05, 3.63) is 46.0 Å². The topological polar surface area (TPSA) is 78.7 Å². The van der Waals surface area contributed by atoms with Crippen molar-refractivity contribution in [2.75, 3.05) is 13.2 Å². The summed E-state index contributed by atoms with van der Waals surface area (Å²) in [6.45, 7) is 0.925. The van der Waals surface area contributed by atoms with Crippen LogP contribution < -0.4 is 0 Å². The van der Waals surface area contributed by atoms with Crippen LogP contribution in [0.25, 0.3) is 6.08 Å². The molecule has 1 unspecified atom stereocenters. The number of esters is 1. The van der Waals surface area contributed by atoms with Crippen LogP contribution in [0.15, 0.2) is 30.3 Å². The predicted molar refractivity (Wildman–Crippen MR) is 76.7 cm³/mol. The molecular formula is C15H17NO5. The van der Waals surface area contributed by atoms with Gasteiger partial charge >= 0.3 is 5.97 Å². The summed E-state index contributed by atoms with van der Waals surface area (Å²) in [5.74, 6) is -0.526. The molecule has 0 bridgehead atoms. The minimum atomic E-state index is -0.526. The molecule has 21 heavy (non-hydrogen) atoms. The number of nitro benzene ring substituents is 1. The first-order valence-corrected chi connectivity index (χ1v) is 6.86. The predicted octanol–water partition coefficient (Wildman–Crippen LogP) is 2.72. The van der Waals surface area contributed by atoms with Crippen LogP contribution in [0.4, 0.5) is 5.69 Å². The SMILES string of the molecule is O=C(/C=C/c1ccccc1[N+](=O)[O-])OCC1CCCCO1. The Labute approximate surface area is 122 Å². The molecule has 1 aromatic rings. The second kappa shape index (κ2) is 7.54. The number of carbonyl (C=O) groups excluding carboxylic acids is 1. The van der Waals surface area contributed by atoms with E-state index in [0.29, 0.717) is 12.2 Å². The van der Waals surface area contributed by atoms with Gasteiger partial charge in [-0.05, 0) is 31.4 Å². The molecule has 0 radical (unpaired) electrons. The molecule has 2 rings (SSSR count). The van der Waals surface area contributed by atoms with E-state index in [4.69, 9.17) is 9.47 Å². The second-order valence-electron chi connectivity index (χ2n) is 4.77. The Hall–Kier alpha value is -2.21. The summed E-state index contributed by atoms with van der Waals surface area (Å²) in [6, 6.07) is 6.22. The van der Waals surface area contributed by atoms with Gasteiger partial charge in [0, 0.05) is 18.7 Å². The fraction of sp³-hybridized carbons (Fsp3) is 0.400. The smallest absolute Gasteiger partial charge is 0.330 e.